The lowest BCUT2D eigenvalue weighted by molar-refractivity contribution is 0.0884. The van der Waals surface area contributed by atoms with E-state index in [4.69, 9.17) is 9.40 Å². The molecule has 39 heavy (non-hydrogen) atoms. The average Bonchev–Trinajstić information content (AvgIpc) is 3.53. The van der Waals surface area contributed by atoms with Crippen LogP contribution in [0.15, 0.2) is 47.3 Å². The van der Waals surface area contributed by atoms with Gasteiger partial charge in [0.2, 0.25) is 11.8 Å². The number of amides is 1. The molecule has 204 valence electrons. The number of aliphatic hydroxyl groups excluding tert-OH is 1. The van der Waals surface area contributed by atoms with Crippen LogP contribution in [0.25, 0.3) is 11.3 Å². The van der Waals surface area contributed by atoms with E-state index in [2.05, 4.69) is 41.9 Å². The van der Waals surface area contributed by atoms with Crippen molar-refractivity contribution in [2.45, 2.75) is 38.6 Å². The fraction of sp³-hybridized carbons (Fsp3) is 0.407. The molecule has 1 aliphatic heterocycles. The molecule has 0 saturated heterocycles. The summed E-state index contributed by atoms with van der Waals surface area (Å²) in [4.78, 5) is 24.3. The van der Waals surface area contributed by atoms with Crippen LogP contribution in [-0.4, -0.2) is 72.1 Å². The number of rotatable bonds is 7. The van der Waals surface area contributed by atoms with Gasteiger partial charge in [-0.2, -0.15) is 5.10 Å². The van der Waals surface area contributed by atoms with Gasteiger partial charge in [-0.1, -0.05) is 32.9 Å². The third-order valence-electron chi connectivity index (χ3n) is 6.55. The smallest absolute Gasteiger partial charge is 0.309 e. The predicted molar refractivity (Wildman–Crippen MR) is 144 cm³/mol. The van der Waals surface area contributed by atoms with Crippen molar-refractivity contribution in [2.24, 2.45) is 7.05 Å². The topological polar surface area (TPSA) is 147 Å². The molecule has 1 aliphatic rings. The summed E-state index contributed by atoms with van der Waals surface area (Å²) in [7, 11) is 1.85. The second kappa shape index (κ2) is 10.9. The first kappa shape index (κ1) is 26.4. The highest BCUT2D eigenvalue weighted by Gasteiger charge is 2.29. The summed E-state index contributed by atoms with van der Waals surface area (Å²) in [5.41, 5.74) is 4.26. The molecule has 0 unspecified atom stereocenters. The van der Waals surface area contributed by atoms with Gasteiger partial charge in [0.05, 0.1) is 30.2 Å². The highest BCUT2D eigenvalue weighted by molar-refractivity contribution is 5.89. The summed E-state index contributed by atoms with van der Waals surface area (Å²) < 4.78 is 7.37. The van der Waals surface area contributed by atoms with Gasteiger partial charge in [-0.15, -0.1) is 10.2 Å². The molecule has 5 rings (SSSR count). The molecule has 3 aromatic heterocycles. The molecule has 0 spiro atoms. The van der Waals surface area contributed by atoms with Crippen LogP contribution in [-0.2, 0) is 18.9 Å². The molecular weight excluding hydrogens is 498 g/mol. The van der Waals surface area contributed by atoms with Gasteiger partial charge in [0.15, 0.2) is 0 Å². The number of aliphatic hydroxyl groups is 1. The summed E-state index contributed by atoms with van der Waals surface area (Å²) in [5, 5.41) is 28.0. The summed E-state index contributed by atoms with van der Waals surface area (Å²) in [6.07, 6.45) is 6.04. The van der Waals surface area contributed by atoms with Crippen molar-refractivity contribution >= 4 is 17.5 Å². The minimum Gasteiger partial charge on any atom is -0.416 e. The molecule has 4 heterocycles. The van der Waals surface area contributed by atoms with Crippen LogP contribution in [0.4, 0.5) is 11.6 Å². The Hall–Kier alpha value is -4.16. The molecule has 4 aromatic rings. The zero-order valence-electron chi connectivity index (χ0n) is 22.5. The fourth-order valence-corrected chi connectivity index (χ4v) is 4.55. The molecule has 1 aromatic carbocycles. The maximum absolute atomic E-state index is 13.1. The molecular formula is C27H33N9O3. The maximum Gasteiger partial charge on any atom is 0.309 e. The average molecular weight is 532 g/mol. The molecule has 12 heteroatoms. The Balaban J connectivity index is 1.41. The Bertz CT molecular complexity index is 1460. The van der Waals surface area contributed by atoms with Crippen molar-refractivity contribution in [2.75, 3.05) is 31.6 Å². The molecule has 0 fully saturated rings. The van der Waals surface area contributed by atoms with Gasteiger partial charge in [0, 0.05) is 50.1 Å². The number of hydrogen-bond acceptors (Lipinski definition) is 10. The minimum absolute atomic E-state index is 0.0362. The van der Waals surface area contributed by atoms with E-state index in [0.29, 0.717) is 24.9 Å². The molecule has 0 saturated carbocycles. The largest absolute Gasteiger partial charge is 0.416 e. The third kappa shape index (κ3) is 6.13. The zero-order valence-corrected chi connectivity index (χ0v) is 22.5. The first-order valence-corrected chi connectivity index (χ1v) is 12.9. The lowest BCUT2D eigenvalue weighted by atomic mass is 9.96. The Morgan fingerprint density at radius 2 is 2.08 bits per heavy atom. The third-order valence-corrected chi connectivity index (χ3v) is 6.55. The summed E-state index contributed by atoms with van der Waals surface area (Å²) >= 11 is 0. The van der Waals surface area contributed by atoms with Crippen LogP contribution in [0.3, 0.4) is 0 Å². The van der Waals surface area contributed by atoms with Gasteiger partial charge >= 0.3 is 11.8 Å². The van der Waals surface area contributed by atoms with Crippen molar-refractivity contribution < 1.29 is 14.3 Å². The number of hydrogen-bond donors (Lipinski definition) is 3. The van der Waals surface area contributed by atoms with Crippen LogP contribution in [0.2, 0.25) is 0 Å². The zero-order chi connectivity index (χ0) is 27.6. The van der Waals surface area contributed by atoms with Gasteiger partial charge in [-0.25, -0.2) is 9.97 Å². The molecule has 0 bridgehead atoms. The van der Waals surface area contributed by atoms with E-state index in [9.17, 15) is 9.90 Å². The highest BCUT2D eigenvalue weighted by Crippen LogP contribution is 2.29. The Kier molecular flexibility index (Phi) is 7.40. The number of β-amino-alcohol motifs (C(OH)–C–C–N with tert-alkyl or cyclic N) is 1. The van der Waals surface area contributed by atoms with E-state index < -0.39 is 5.91 Å². The van der Waals surface area contributed by atoms with E-state index >= 15 is 0 Å². The Labute approximate surface area is 226 Å². The molecule has 12 nitrogen and oxygen atoms in total. The van der Waals surface area contributed by atoms with Gasteiger partial charge in [0.25, 0.3) is 0 Å². The monoisotopic (exact) mass is 531 g/mol. The second-order valence-electron chi connectivity index (χ2n) is 10.7. The van der Waals surface area contributed by atoms with Crippen LogP contribution in [0, 0.1) is 0 Å². The van der Waals surface area contributed by atoms with E-state index in [1.54, 1.807) is 17.1 Å². The van der Waals surface area contributed by atoms with Crippen LogP contribution < -0.4 is 10.6 Å². The van der Waals surface area contributed by atoms with E-state index in [-0.39, 0.29) is 24.0 Å². The van der Waals surface area contributed by atoms with Crippen molar-refractivity contribution in [3.63, 3.8) is 0 Å². The first-order valence-electron chi connectivity index (χ1n) is 12.9. The lowest BCUT2D eigenvalue weighted by Crippen LogP contribution is -2.38. The number of nitrogens with zero attached hydrogens (tertiary/aromatic N) is 7. The highest BCUT2D eigenvalue weighted by atomic mass is 16.4. The van der Waals surface area contributed by atoms with Gasteiger partial charge in [0.1, 0.15) is 0 Å². The van der Waals surface area contributed by atoms with Gasteiger partial charge in [-0.05, 0) is 29.7 Å². The maximum atomic E-state index is 13.1. The fourth-order valence-electron chi connectivity index (χ4n) is 4.55. The van der Waals surface area contributed by atoms with E-state index in [1.165, 1.54) is 0 Å². The van der Waals surface area contributed by atoms with Crippen molar-refractivity contribution in [3.05, 3.63) is 65.8 Å². The number of nitrogens with one attached hydrogen (secondary N) is 2. The summed E-state index contributed by atoms with van der Waals surface area (Å²) in [5.74, 6) is 0.392. The van der Waals surface area contributed by atoms with Crippen LogP contribution in [0.1, 0.15) is 54.5 Å². The standard InChI is InChI=1S/C27H33N9O3/c1-27(2,3)25-34-33-24(39-25)23(38)31-22-16-36(11-12-37)10-8-17-13-18(5-6-20(17)22)21-7-9-28-26(32-21)30-19-14-29-35(4)15-19/h5-7,9,13-15,22,37H,8,10-12,16H2,1-4H3,(H,31,38)(H,28,30,32)/t22-/m0/s1. The van der Waals surface area contributed by atoms with Gasteiger partial charge in [-0.3, -0.25) is 14.4 Å². The summed E-state index contributed by atoms with van der Waals surface area (Å²) in [6, 6.07) is 7.68. The quantitative estimate of drug-likeness (QED) is 0.325. The van der Waals surface area contributed by atoms with Gasteiger partial charge < -0.3 is 20.2 Å². The van der Waals surface area contributed by atoms with Crippen molar-refractivity contribution in [1.29, 1.82) is 0 Å². The van der Waals surface area contributed by atoms with Crippen molar-refractivity contribution in [3.8, 4) is 11.3 Å². The molecule has 0 radical (unpaired) electrons. The number of aryl methyl sites for hydroxylation is 1. The predicted octanol–water partition coefficient (Wildman–Crippen LogP) is 2.62. The number of anilines is 2. The molecule has 3 N–H and O–H groups in total. The van der Waals surface area contributed by atoms with E-state index in [1.807, 2.05) is 52.2 Å². The normalized spacial score (nSPS) is 16.0. The Morgan fingerprint density at radius 1 is 1.23 bits per heavy atom. The number of carbonyl (C=O) groups excluding carboxylic acids is 1. The number of carbonyl (C=O) groups is 1. The molecule has 0 aliphatic carbocycles. The van der Waals surface area contributed by atoms with E-state index in [0.717, 1.165) is 41.0 Å². The number of fused-ring (bicyclic) bond motifs is 1. The first-order chi connectivity index (χ1) is 18.7. The van der Waals surface area contributed by atoms with Crippen LogP contribution in [0.5, 0.6) is 0 Å². The lowest BCUT2D eigenvalue weighted by Gasteiger charge is -2.24. The number of aromatic nitrogens is 6. The van der Waals surface area contributed by atoms with Crippen LogP contribution >= 0.6 is 0 Å². The molecule has 1 amide bonds. The number of benzene rings is 1. The molecule has 1 atom stereocenters. The van der Waals surface area contributed by atoms with Crippen molar-refractivity contribution in [1.82, 2.24) is 40.2 Å². The Morgan fingerprint density at radius 3 is 2.79 bits per heavy atom. The SMILES string of the molecule is Cn1cc(Nc2nccc(-c3ccc4c(c3)CCN(CCO)C[C@@H]4NC(=O)c3nnc(C(C)(C)C)o3)n2)cn1. The summed E-state index contributed by atoms with van der Waals surface area (Å²) in [6.45, 7) is 7.68. The second-order valence-corrected chi connectivity index (χ2v) is 10.7. The minimum atomic E-state index is -0.425.